The fraction of sp³-hybridized carbons (Fsp3) is 0.600. The second kappa shape index (κ2) is 5.14. The van der Waals surface area contributed by atoms with Crippen LogP contribution in [0, 0.1) is 5.92 Å². The minimum absolute atomic E-state index is 0.700. The van der Waals surface area contributed by atoms with E-state index < -0.39 is 0 Å². The Labute approximate surface area is 69.2 Å². The summed E-state index contributed by atoms with van der Waals surface area (Å²) < 4.78 is 0. The Morgan fingerprint density at radius 1 is 1.27 bits per heavy atom. The number of hydrogen-bond donors (Lipinski definition) is 1. The lowest BCUT2D eigenvalue weighted by Crippen LogP contribution is -2.14. The molecule has 1 aliphatic heterocycles. The van der Waals surface area contributed by atoms with E-state index >= 15 is 0 Å². The van der Waals surface area contributed by atoms with E-state index in [0.29, 0.717) is 5.92 Å². The normalized spacial score (nSPS) is 32.6. The summed E-state index contributed by atoms with van der Waals surface area (Å²) in [6, 6.07) is 0. The van der Waals surface area contributed by atoms with Crippen LogP contribution in [-0.2, 0) is 0 Å². The Balaban J connectivity index is 2.36. The molecule has 1 aliphatic rings. The van der Waals surface area contributed by atoms with Gasteiger partial charge in [-0.15, -0.1) is 0 Å². The Morgan fingerprint density at radius 2 is 2.18 bits per heavy atom. The monoisotopic (exact) mass is 151 g/mol. The molecule has 11 heavy (non-hydrogen) atoms. The van der Waals surface area contributed by atoms with Gasteiger partial charge >= 0.3 is 0 Å². The predicted molar refractivity (Wildman–Crippen MR) is 49.5 cm³/mol. The SMILES string of the molecule is CC1/C=C/CNCC/C=C/C1. The number of hydrogen-bond acceptors (Lipinski definition) is 1. The summed E-state index contributed by atoms with van der Waals surface area (Å²) in [5.41, 5.74) is 0. The first kappa shape index (κ1) is 8.54. The lowest BCUT2D eigenvalue weighted by atomic mass is 10.1. The van der Waals surface area contributed by atoms with Crippen molar-refractivity contribution in [3.8, 4) is 0 Å². The molecule has 1 rings (SSSR count). The van der Waals surface area contributed by atoms with Gasteiger partial charge in [0.15, 0.2) is 0 Å². The quantitative estimate of drug-likeness (QED) is 0.523. The molecule has 0 aromatic rings. The molecule has 0 aromatic carbocycles. The van der Waals surface area contributed by atoms with Crippen LogP contribution in [0.3, 0.4) is 0 Å². The zero-order valence-corrected chi connectivity index (χ0v) is 7.22. The second-order valence-corrected chi connectivity index (χ2v) is 3.11. The fourth-order valence-electron chi connectivity index (χ4n) is 1.18. The maximum Gasteiger partial charge on any atom is 0.0135 e. The minimum atomic E-state index is 0.700. The van der Waals surface area contributed by atoms with E-state index in [1.807, 2.05) is 0 Å². The Hall–Kier alpha value is -0.560. The molecule has 1 atom stereocenters. The zero-order valence-electron chi connectivity index (χ0n) is 7.22. The van der Waals surface area contributed by atoms with Crippen LogP contribution in [0.1, 0.15) is 19.8 Å². The molecule has 62 valence electrons. The highest BCUT2D eigenvalue weighted by Gasteiger charge is 1.93. The standard InChI is InChI=1S/C10H17N/c1-10-6-3-2-4-8-11-9-5-7-10/h2-3,5,7,10-11H,4,6,8-9H2,1H3/b3-2+,7-5+. The van der Waals surface area contributed by atoms with E-state index in [4.69, 9.17) is 0 Å². The third-order valence-corrected chi connectivity index (χ3v) is 1.89. The molecule has 0 radical (unpaired) electrons. The highest BCUT2D eigenvalue weighted by molar-refractivity contribution is 4.94. The van der Waals surface area contributed by atoms with Crippen LogP contribution < -0.4 is 5.32 Å². The van der Waals surface area contributed by atoms with Gasteiger partial charge < -0.3 is 5.32 Å². The summed E-state index contributed by atoms with van der Waals surface area (Å²) in [5.74, 6) is 0.700. The molecule has 0 aliphatic carbocycles. The topological polar surface area (TPSA) is 12.0 Å². The first-order chi connectivity index (χ1) is 5.39. The molecule has 0 amide bonds. The second-order valence-electron chi connectivity index (χ2n) is 3.11. The van der Waals surface area contributed by atoms with Gasteiger partial charge in [0.1, 0.15) is 0 Å². The molecule has 1 heterocycles. The molecule has 0 saturated carbocycles. The van der Waals surface area contributed by atoms with Crippen LogP contribution >= 0.6 is 0 Å². The van der Waals surface area contributed by atoms with Crippen molar-refractivity contribution in [2.45, 2.75) is 19.8 Å². The van der Waals surface area contributed by atoms with E-state index in [9.17, 15) is 0 Å². The van der Waals surface area contributed by atoms with E-state index in [1.54, 1.807) is 0 Å². The largest absolute Gasteiger partial charge is 0.313 e. The lowest BCUT2D eigenvalue weighted by Gasteiger charge is -2.04. The molecule has 0 spiro atoms. The van der Waals surface area contributed by atoms with Crippen molar-refractivity contribution in [2.24, 2.45) is 5.92 Å². The van der Waals surface area contributed by atoms with E-state index in [-0.39, 0.29) is 0 Å². The molecule has 0 aromatic heterocycles. The highest BCUT2D eigenvalue weighted by Crippen LogP contribution is 2.05. The average Bonchev–Trinajstić information content (AvgIpc) is 2.03. The van der Waals surface area contributed by atoms with Crippen molar-refractivity contribution in [1.29, 1.82) is 0 Å². The summed E-state index contributed by atoms with van der Waals surface area (Å²) in [7, 11) is 0. The molecule has 1 heteroatoms. The van der Waals surface area contributed by atoms with Gasteiger partial charge in [-0.25, -0.2) is 0 Å². The summed E-state index contributed by atoms with van der Waals surface area (Å²) in [6.45, 7) is 4.38. The predicted octanol–water partition coefficient (Wildman–Crippen LogP) is 2.12. The van der Waals surface area contributed by atoms with Crippen LogP contribution in [0.25, 0.3) is 0 Å². The summed E-state index contributed by atoms with van der Waals surface area (Å²) >= 11 is 0. The van der Waals surface area contributed by atoms with Crippen LogP contribution in [0.5, 0.6) is 0 Å². The van der Waals surface area contributed by atoms with Crippen LogP contribution in [-0.4, -0.2) is 13.1 Å². The van der Waals surface area contributed by atoms with Crippen molar-refractivity contribution in [1.82, 2.24) is 5.32 Å². The third-order valence-electron chi connectivity index (χ3n) is 1.89. The van der Waals surface area contributed by atoms with Gasteiger partial charge in [0, 0.05) is 6.54 Å². The number of allylic oxidation sites excluding steroid dienone is 2. The third kappa shape index (κ3) is 3.99. The van der Waals surface area contributed by atoms with Gasteiger partial charge in [-0.1, -0.05) is 31.2 Å². The lowest BCUT2D eigenvalue weighted by molar-refractivity contribution is 0.707. The van der Waals surface area contributed by atoms with Crippen LogP contribution in [0.4, 0.5) is 0 Å². The molecule has 1 nitrogen and oxygen atoms in total. The summed E-state index contributed by atoms with van der Waals surface area (Å²) in [6.07, 6.45) is 11.4. The van der Waals surface area contributed by atoms with Crippen molar-refractivity contribution in [3.63, 3.8) is 0 Å². The summed E-state index contributed by atoms with van der Waals surface area (Å²) in [4.78, 5) is 0. The molecule has 0 saturated heterocycles. The van der Waals surface area contributed by atoms with Gasteiger partial charge in [-0.05, 0) is 25.3 Å². The Morgan fingerprint density at radius 3 is 3.09 bits per heavy atom. The van der Waals surface area contributed by atoms with E-state index in [0.717, 1.165) is 13.1 Å². The number of rotatable bonds is 0. The van der Waals surface area contributed by atoms with Gasteiger partial charge in [0.25, 0.3) is 0 Å². The summed E-state index contributed by atoms with van der Waals surface area (Å²) in [5, 5.41) is 3.34. The van der Waals surface area contributed by atoms with Gasteiger partial charge in [-0.3, -0.25) is 0 Å². The van der Waals surface area contributed by atoms with Crippen molar-refractivity contribution >= 4 is 0 Å². The number of nitrogens with one attached hydrogen (secondary N) is 1. The first-order valence-corrected chi connectivity index (χ1v) is 4.42. The van der Waals surface area contributed by atoms with Gasteiger partial charge in [0.05, 0.1) is 0 Å². The van der Waals surface area contributed by atoms with Crippen LogP contribution in [0.2, 0.25) is 0 Å². The molecule has 0 fully saturated rings. The molecular formula is C10H17N. The smallest absolute Gasteiger partial charge is 0.0135 e. The molecule has 1 N–H and O–H groups in total. The molecule has 1 unspecified atom stereocenters. The minimum Gasteiger partial charge on any atom is -0.313 e. The van der Waals surface area contributed by atoms with Gasteiger partial charge in [0.2, 0.25) is 0 Å². The van der Waals surface area contributed by atoms with Gasteiger partial charge in [-0.2, -0.15) is 0 Å². The molecular weight excluding hydrogens is 134 g/mol. The Kier molecular flexibility index (Phi) is 3.99. The van der Waals surface area contributed by atoms with E-state index in [1.165, 1.54) is 12.8 Å². The Bertz CT molecular complexity index is 147. The van der Waals surface area contributed by atoms with Crippen molar-refractivity contribution < 1.29 is 0 Å². The highest BCUT2D eigenvalue weighted by atomic mass is 14.8. The molecule has 0 bridgehead atoms. The van der Waals surface area contributed by atoms with Crippen molar-refractivity contribution in [3.05, 3.63) is 24.3 Å². The van der Waals surface area contributed by atoms with Crippen LogP contribution in [0.15, 0.2) is 24.3 Å². The first-order valence-electron chi connectivity index (χ1n) is 4.42. The van der Waals surface area contributed by atoms with Crippen molar-refractivity contribution in [2.75, 3.05) is 13.1 Å². The van der Waals surface area contributed by atoms with E-state index in [2.05, 4.69) is 36.5 Å². The fourth-order valence-corrected chi connectivity index (χ4v) is 1.18. The average molecular weight is 151 g/mol. The maximum absolute atomic E-state index is 3.34. The maximum atomic E-state index is 3.34. The zero-order chi connectivity index (χ0) is 7.94.